The van der Waals surface area contributed by atoms with Gasteiger partial charge in [0.1, 0.15) is 37.4 Å². The summed E-state index contributed by atoms with van der Waals surface area (Å²) < 4.78 is 21.8. The molecule has 0 bridgehead atoms. The van der Waals surface area contributed by atoms with Gasteiger partial charge in [0.25, 0.3) is 0 Å². The van der Waals surface area contributed by atoms with Crippen LogP contribution in [-0.4, -0.2) is 61.3 Å². The largest absolute Gasteiger partial charge is 0.496 e. The van der Waals surface area contributed by atoms with Crippen molar-refractivity contribution in [3.05, 3.63) is 84.0 Å². The summed E-state index contributed by atoms with van der Waals surface area (Å²) in [6, 6.07) is 12.3. The zero-order valence-corrected chi connectivity index (χ0v) is 28.9. The number of ether oxygens (including phenoxy) is 4. The van der Waals surface area contributed by atoms with E-state index in [-0.39, 0.29) is 37.2 Å². The molecule has 0 spiro atoms. The Labute approximate surface area is 281 Å². The Morgan fingerprint density at radius 2 is 1.21 bits per heavy atom. The Bertz CT molecular complexity index is 1270. The summed E-state index contributed by atoms with van der Waals surface area (Å²) in [4.78, 5) is 23.8. The third kappa shape index (κ3) is 14.0. The van der Waals surface area contributed by atoms with E-state index in [0.29, 0.717) is 44.3 Å². The molecule has 0 aliphatic rings. The molecule has 2 unspecified atom stereocenters. The summed E-state index contributed by atoms with van der Waals surface area (Å²) in [5, 5.41) is 19.9. The fourth-order valence-corrected chi connectivity index (χ4v) is 5.19. The predicted octanol–water partition coefficient (Wildman–Crippen LogP) is 7.20. The molecular weight excluding hydrogens is 596 g/mol. The number of allylic oxidation sites excluding steroid dienone is 2. The van der Waals surface area contributed by atoms with Crippen LogP contribution in [0.5, 0.6) is 11.5 Å². The summed E-state index contributed by atoms with van der Waals surface area (Å²) in [6.45, 7) is 13.9. The smallest absolute Gasteiger partial charge is 0.305 e. The van der Waals surface area contributed by atoms with Crippen LogP contribution in [0.1, 0.15) is 101 Å². The van der Waals surface area contributed by atoms with Crippen molar-refractivity contribution in [3.8, 4) is 11.5 Å². The van der Waals surface area contributed by atoms with E-state index in [0.717, 1.165) is 60.1 Å². The minimum absolute atomic E-state index is 0.00369. The van der Waals surface area contributed by atoms with Gasteiger partial charge in [0.05, 0.1) is 13.2 Å². The fourth-order valence-electron chi connectivity index (χ4n) is 5.19. The van der Waals surface area contributed by atoms with Gasteiger partial charge in [-0.2, -0.15) is 0 Å². The lowest BCUT2D eigenvalue weighted by atomic mass is 9.77. The molecule has 0 amide bonds. The zero-order chi connectivity index (χ0) is 34.7. The highest BCUT2D eigenvalue weighted by atomic mass is 16.6. The van der Waals surface area contributed by atoms with Crippen LogP contribution in [0.2, 0.25) is 0 Å². The number of esters is 2. The molecule has 8 nitrogen and oxygen atoms in total. The molecule has 260 valence electrons. The molecule has 2 rings (SSSR count). The van der Waals surface area contributed by atoms with Crippen LogP contribution in [0.25, 0.3) is 0 Å². The minimum Gasteiger partial charge on any atom is -0.496 e. The van der Waals surface area contributed by atoms with E-state index >= 15 is 0 Å². The molecule has 2 atom stereocenters. The summed E-state index contributed by atoms with van der Waals surface area (Å²) >= 11 is 0. The van der Waals surface area contributed by atoms with Gasteiger partial charge in [-0.15, -0.1) is 13.2 Å². The van der Waals surface area contributed by atoms with Gasteiger partial charge in [0, 0.05) is 18.3 Å². The number of carbonyl (C=O) groups excluding carboxylic acids is 2. The average Bonchev–Trinajstić information content (AvgIpc) is 3.06. The molecule has 2 N–H and O–H groups in total. The number of carbonyl (C=O) groups is 2. The van der Waals surface area contributed by atoms with Gasteiger partial charge in [0.15, 0.2) is 0 Å². The van der Waals surface area contributed by atoms with E-state index in [4.69, 9.17) is 18.9 Å². The number of rotatable bonds is 24. The van der Waals surface area contributed by atoms with Crippen LogP contribution in [0, 0.1) is 0 Å². The van der Waals surface area contributed by atoms with Crippen molar-refractivity contribution in [1.82, 2.24) is 0 Å². The normalized spacial score (nSPS) is 12.6. The first-order valence-electron chi connectivity index (χ1n) is 16.9. The molecular formula is C39H56O8. The van der Waals surface area contributed by atoms with Crippen LogP contribution in [0.3, 0.4) is 0 Å². The molecule has 0 heterocycles. The highest BCUT2D eigenvalue weighted by Gasteiger charge is 2.25. The van der Waals surface area contributed by atoms with E-state index in [9.17, 15) is 19.8 Å². The number of methoxy groups -OCH3 is 1. The van der Waals surface area contributed by atoms with Crippen LogP contribution in [-0.2, 0) is 37.3 Å². The minimum atomic E-state index is -0.953. The SMILES string of the molecule is C=CCc1cc(C(C)(C)c2ccc(OCC(O)COC(=O)CCCCCCCCC(=O)OCC(O)CC)c(CC=C)c2)ccc1OC. The molecule has 47 heavy (non-hydrogen) atoms. The van der Waals surface area contributed by atoms with E-state index in [1.807, 2.05) is 37.3 Å². The van der Waals surface area contributed by atoms with Gasteiger partial charge in [0.2, 0.25) is 0 Å². The first-order chi connectivity index (χ1) is 22.5. The molecule has 0 radical (unpaired) electrons. The molecule has 0 fully saturated rings. The Hall–Kier alpha value is -3.62. The van der Waals surface area contributed by atoms with Gasteiger partial charge in [-0.1, -0.05) is 82.9 Å². The number of hydrogen-bond donors (Lipinski definition) is 2. The van der Waals surface area contributed by atoms with E-state index in [2.05, 4.69) is 45.2 Å². The standard InChI is InChI=1S/C39H56O8/c1-7-16-29-24-31(20-22-35(29)44-6)39(4,5)32-21-23-36(30(25-32)17-8-2)45-27-34(41)28-47-38(43)19-15-13-11-10-12-14-18-37(42)46-26-33(40)9-3/h7-8,20-25,33-34,40-41H,1-2,9-19,26-28H2,3-6H3. The lowest BCUT2D eigenvalue weighted by molar-refractivity contribution is -0.147. The molecule has 0 aliphatic carbocycles. The zero-order valence-electron chi connectivity index (χ0n) is 28.9. The lowest BCUT2D eigenvalue weighted by Gasteiger charge is -2.28. The van der Waals surface area contributed by atoms with Crippen LogP contribution in [0.4, 0.5) is 0 Å². The van der Waals surface area contributed by atoms with Crippen molar-refractivity contribution in [3.63, 3.8) is 0 Å². The van der Waals surface area contributed by atoms with Gasteiger partial charge in [-0.25, -0.2) is 0 Å². The maximum absolute atomic E-state index is 12.2. The monoisotopic (exact) mass is 652 g/mol. The lowest BCUT2D eigenvalue weighted by Crippen LogP contribution is -2.25. The van der Waals surface area contributed by atoms with Crippen molar-refractivity contribution in [2.45, 2.75) is 109 Å². The van der Waals surface area contributed by atoms with Crippen molar-refractivity contribution in [2.24, 2.45) is 0 Å². The first kappa shape index (κ1) is 39.6. The Morgan fingerprint density at radius 3 is 1.70 bits per heavy atom. The maximum atomic E-state index is 12.2. The topological polar surface area (TPSA) is 112 Å². The van der Waals surface area contributed by atoms with E-state index in [1.165, 1.54) is 0 Å². The third-order valence-electron chi connectivity index (χ3n) is 8.30. The van der Waals surface area contributed by atoms with Crippen molar-refractivity contribution in [1.29, 1.82) is 0 Å². The van der Waals surface area contributed by atoms with Crippen molar-refractivity contribution < 1.29 is 38.7 Å². The van der Waals surface area contributed by atoms with E-state index in [1.54, 1.807) is 7.11 Å². The van der Waals surface area contributed by atoms with Crippen LogP contribution < -0.4 is 9.47 Å². The predicted molar refractivity (Wildman–Crippen MR) is 186 cm³/mol. The number of aliphatic hydroxyl groups is 2. The average molecular weight is 653 g/mol. The summed E-state index contributed by atoms with van der Waals surface area (Å²) in [6.07, 6.45) is 9.89. The Balaban J connectivity index is 1.76. The number of unbranched alkanes of at least 4 members (excludes halogenated alkanes) is 5. The summed E-state index contributed by atoms with van der Waals surface area (Å²) in [5.74, 6) is 0.889. The van der Waals surface area contributed by atoms with Gasteiger partial charge < -0.3 is 29.2 Å². The molecule has 0 saturated carbocycles. The highest BCUT2D eigenvalue weighted by Crippen LogP contribution is 2.36. The van der Waals surface area contributed by atoms with E-state index < -0.39 is 12.2 Å². The first-order valence-corrected chi connectivity index (χ1v) is 16.9. The number of hydrogen-bond acceptors (Lipinski definition) is 8. The van der Waals surface area contributed by atoms with Gasteiger partial charge in [-0.3, -0.25) is 9.59 Å². The summed E-state index contributed by atoms with van der Waals surface area (Å²) in [7, 11) is 1.67. The second-order valence-electron chi connectivity index (χ2n) is 12.5. The number of benzene rings is 2. The number of aliphatic hydroxyl groups excluding tert-OH is 2. The van der Waals surface area contributed by atoms with Crippen LogP contribution >= 0.6 is 0 Å². The molecule has 8 heteroatoms. The molecule has 0 saturated heterocycles. The summed E-state index contributed by atoms with van der Waals surface area (Å²) in [5.41, 5.74) is 4.03. The Morgan fingerprint density at radius 1 is 0.745 bits per heavy atom. The van der Waals surface area contributed by atoms with Gasteiger partial charge in [-0.05, 0) is 66.5 Å². The molecule has 0 aliphatic heterocycles. The molecule has 2 aromatic rings. The second-order valence-corrected chi connectivity index (χ2v) is 12.5. The Kier molecular flexibility index (Phi) is 17.9. The second kappa shape index (κ2) is 21.3. The quantitative estimate of drug-likeness (QED) is 0.0696. The molecule has 2 aromatic carbocycles. The van der Waals surface area contributed by atoms with Crippen molar-refractivity contribution in [2.75, 3.05) is 26.9 Å². The highest BCUT2D eigenvalue weighted by molar-refractivity contribution is 5.69. The maximum Gasteiger partial charge on any atom is 0.305 e. The van der Waals surface area contributed by atoms with Crippen molar-refractivity contribution >= 4 is 11.9 Å². The van der Waals surface area contributed by atoms with Gasteiger partial charge >= 0.3 is 11.9 Å². The fraction of sp³-hybridized carbons (Fsp3) is 0.538. The third-order valence-corrected chi connectivity index (χ3v) is 8.30. The molecule has 0 aromatic heterocycles. The van der Waals surface area contributed by atoms with Crippen LogP contribution in [0.15, 0.2) is 61.7 Å².